The first-order chi connectivity index (χ1) is 12.5. The predicted octanol–water partition coefficient (Wildman–Crippen LogP) is 3.28. The highest BCUT2D eigenvalue weighted by atomic mass is 16.2. The molecule has 0 aliphatic carbocycles. The van der Waals surface area contributed by atoms with Crippen LogP contribution in [0.5, 0.6) is 0 Å². The van der Waals surface area contributed by atoms with Gasteiger partial charge in [-0.1, -0.05) is 44.2 Å². The molecular formula is C20H25N5O. The summed E-state index contributed by atoms with van der Waals surface area (Å²) < 4.78 is 3.68. The van der Waals surface area contributed by atoms with Gasteiger partial charge >= 0.3 is 0 Å². The van der Waals surface area contributed by atoms with Crippen LogP contribution in [0.3, 0.4) is 0 Å². The van der Waals surface area contributed by atoms with E-state index in [0.29, 0.717) is 12.2 Å². The number of imidazole rings is 1. The van der Waals surface area contributed by atoms with Crippen LogP contribution in [0.1, 0.15) is 60.3 Å². The Hall–Kier alpha value is -2.89. The van der Waals surface area contributed by atoms with Crippen molar-refractivity contribution >= 4 is 5.91 Å². The highest BCUT2D eigenvalue weighted by Crippen LogP contribution is 2.22. The van der Waals surface area contributed by atoms with Crippen molar-refractivity contribution in [2.45, 2.75) is 39.3 Å². The highest BCUT2D eigenvalue weighted by molar-refractivity contribution is 5.93. The second-order valence-electron chi connectivity index (χ2n) is 6.64. The van der Waals surface area contributed by atoms with E-state index in [1.807, 2.05) is 61.1 Å². The number of carbonyl (C=O) groups is 1. The van der Waals surface area contributed by atoms with Crippen LogP contribution < -0.4 is 5.32 Å². The fourth-order valence-electron chi connectivity index (χ4n) is 2.95. The Bertz CT molecular complexity index is 879. The van der Waals surface area contributed by atoms with Gasteiger partial charge in [-0.15, -0.1) is 0 Å². The Labute approximate surface area is 153 Å². The first-order valence-corrected chi connectivity index (χ1v) is 8.92. The maximum atomic E-state index is 13.0. The Morgan fingerprint density at radius 2 is 1.96 bits per heavy atom. The standard InChI is InChI=1S/C20H25N5O/c1-5-25-17(13-16(23-25)14(2)3)20(26)22-18(15-9-7-6-8-10-15)19-21-11-12-24(19)4/h6-14,18H,5H2,1-4H3,(H,22,26). The number of hydrogen-bond acceptors (Lipinski definition) is 3. The molecule has 0 fully saturated rings. The summed E-state index contributed by atoms with van der Waals surface area (Å²) in [4.78, 5) is 17.5. The number of benzene rings is 1. The first kappa shape index (κ1) is 17.9. The number of nitrogens with one attached hydrogen (secondary N) is 1. The fraction of sp³-hybridized carbons (Fsp3) is 0.350. The zero-order chi connectivity index (χ0) is 18.7. The zero-order valence-corrected chi connectivity index (χ0v) is 15.7. The number of carbonyl (C=O) groups excluding carboxylic acids is 1. The third kappa shape index (κ3) is 3.54. The molecule has 6 heteroatoms. The summed E-state index contributed by atoms with van der Waals surface area (Å²) in [6.45, 7) is 6.78. The molecule has 6 nitrogen and oxygen atoms in total. The number of amides is 1. The molecular weight excluding hydrogens is 326 g/mol. The van der Waals surface area contributed by atoms with Crippen molar-refractivity contribution in [2.75, 3.05) is 0 Å². The van der Waals surface area contributed by atoms with E-state index in [0.717, 1.165) is 17.1 Å². The van der Waals surface area contributed by atoms with Crippen molar-refractivity contribution < 1.29 is 4.79 Å². The number of hydrogen-bond donors (Lipinski definition) is 1. The van der Waals surface area contributed by atoms with Crippen molar-refractivity contribution in [1.29, 1.82) is 0 Å². The molecule has 3 aromatic rings. The Balaban J connectivity index is 1.95. The number of aromatic nitrogens is 4. The van der Waals surface area contributed by atoms with Gasteiger partial charge in [0.1, 0.15) is 17.6 Å². The first-order valence-electron chi connectivity index (χ1n) is 8.92. The van der Waals surface area contributed by atoms with E-state index >= 15 is 0 Å². The number of rotatable bonds is 6. The van der Waals surface area contributed by atoms with Gasteiger partial charge in [0, 0.05) is 26.0 Å². The second-order valence-corrected chi connectivity index (χ2v) is 6.64. The molecule has 1 unspecified atom stereocenters. The van der Waals surface area contributed by atoms with Crippen LogP contribution in [-0.4, -0.2) is 25.2 Å². The molecule has 1 atom stereocenters. The third-order valence-electron chi connectivity index (χ3n) is 4.45. The predicted molar refractivity (Wildman–Crippen MR) is 101 cm³/mol. The molecule has 0 bridgehead atoms. The van der Waals surface area contributed by atoms with E-state index < -0.39 is 0 Å². The average Bonchev–Trinajstić information content (AvgIpc) is 3.26. The molecule has 0 radical (unpaired) electrons. The van der Waals surface area contributed by atoms with Gasteiger partial charge in [0.2, 0.25) is 0 Å². The van der Waals surface area contributed by atoms with Gasteiger partial charge in [0.05, 0.1) is 5.69 Å². The van der Waals surface area contributed by atoms with Gasteiger partial charge in [0.15, 0.2) is 0 Å². The molecule has 3 rings (SSSR count). The minimum atomic E-state index is -0.327. The molecule has 136 valence electrons. The molecule has 2 heterocycles. The molecule has 1 aromatic carbocycles. The van der Waals surface area contributed by atoms with Crippen LogP contribution in [0.15, 0.2) is 48.8 Å². The lowest BCUT2D eigenvalue weighted by molar-refractivity contribution is 0.0930. The summed E-state index contributed by atoms with van der Waals surface area (Å²) in [5.41, 5.74) is 2.48. The summed E-state index contributed by atoms with van der Waals surface area (Å²) in [6.07, 6.45) is 3.62. The van der Waals surface area contributed by atoms with Crippen LogP contribution in [0, 0.1) is 0 Å². The highest BCUT2D eigenvalue weighted by Gasteiger charge is 2.24. The van der Waals surface area contributed by atoms with Crippen LogP contribution >= 0.6 is 0 Å². The monoisotopic (exact) mass is 351 g/mol. The smallest absolute Gasteiger partial charge is 0.270 e. The summed E-state index contributed by atoms with van der Waals surface area (Å²) in [5, 5.41) is 7.68. The largest absolute Gasteiger partial charge is 0.337 e. The van der Waals surface area contributed by atoms with E-state index in [4.69, 9.17) is 0 Å². The molecule has 26 heavy (non-hydrogen) atoms. The maximum absolute atomic E-state index is 13.0. The lowest BCUT2D eigenvalue weighted by atomic mass is 10.1. The van der Waals surface area contributed by atoms with Gasteiger partial charge in [-0.25, -0.2) is 4.98 Å². The van der Waals surface area contributed by atoms with E-state index in [2.05, 4.69) is 29.2 Å². The SMILES string of the molecule is CCn1nc(C(C)C)cc1C(=O)NC(c1ccccc1)c1nccn1C. The van der Waals surface area contributed by atoms with Crippen molar-refractivity contribution in [3.63, 3.8) is 0 Å². The summed E-state index contributed by atoms with van der Waals surface area (Å²) in [7, 11) is 1.93. The lowest BCUT2D eigenvalue weighted by Crippen LogP contribution is -2.32. The molecule has 0 aliphatic heterocycles. The zero-order valence-electron chi connectivity index (χ0n) is 15.7. The van der Waals surface area contributed by atoms with Crippen molar-refractivity contribution in [3.05, 3.63) is 71.6 Å². The minimum absolute atomic E-state index is 0.150. The summed E-state index contributed by atoms with van der Waals surface area (Å²) in [5.74, 6) is 0.910. The summed E-state index contributed by atoms with van der Waals surface area (Å²) >= 11 is 0. The Morgan fingerprint density at radius 1 is 1.23 bits per heavy atom. The Kier molecular flexibility index (Phi) is 5.21. The van der Waals surface area contributed by atoms with Crippen LogP contribution in [0.2, 0.25) is 0 Å². The molecule has 1 amide bonds. The molecule has 0 spiro atoms. The Morgan fingerprint density at radius 3 is 2.54 bits per heavy atom. The van der Waals surface area contributed by atoms with Gasteiger partial charge in [-0.05, 0) is 24.5 Å². The maximum Gasteiger partial charge on any atom is 0.270 e. The van der Waals surface area contributed by atoms with Crippen molar-refractivity contribution in [3.8, 4) is 0 Å². The summed E-state index contributed by atoms with van der Waals surface area (Å²) in [6, 6.07) is 11.4. The van der Waals surface area contributed by atoms with E-state index in [-0.39, 0.29) is 17.9 Å². The van der Waals surface area contributed by atoms with Crippen LogP contribution in [0.4, 0.5) is 0 Å². The average molecular weight is 351 g/mol. The van der Waals surface area contributed by atoms with Gasteiger partial charge in [-0.3, -0.25) is 9.48 Å². The van der Waals surface area contributed by atoms with E-state index in [1.165, 1.54) is 0 Å². The van der Waals surface area contributed by atoms with Crippen LogP contribution in [0.25, 0.3) is 0 Å². The van der Waals surface area contributed by atoms with Crippen molar-refractivity contribution in [1.82, 2.24) is 24.6 Å². The van der Waals surface area contributed by atoms with E-state index in [1.54, 1.807) is 10.9 Å². The normalized spacial score (nSPS) is 12.3. The second kappa shape index (κ2) is 7.56. The number of nitrogens with zero attached hydrogens (tertiary/aromatic N) is 4. The van der Waals surface area contributed by atoms with E-state index in [9.17, 15) is 4.79 Å². The van der Waals surface area contributed by atoms with Gasteiger partial charge in [0.25, 0.3) is 5.91 Å². The van der Waals surface area contributed by atoms with Crippen LogP contribution in [-0.2, 0) is 13.6 Å². The third-order valence-corrected chi connectivity index (χ3v) is 4.45. The fourth-order valence-corrected chi connectivity index (χ4v) is 2.95. The van der Waals surface area contributed by atoms with Crippen molar-refractivity contribution in [2.24, 2.45) is 7.05 Å². The molecule has 2 aromatic heterocycles. The minimum Gasteiger partial charge on any atom is -0.337 e. The van der Waals surface area contributed by atoms with Gasteiger partial charge in [-0.2, -0.15) is 5.10 Å². The lowest BCUT2D eigenvalue weighted by Gasteiger charge is -2.19. The van der Waals surface area contributed by atoms with Gasteiger partial charge < -0.3 is 9.88 Å². The topological polar surface area (TPSA) is 64.7 Å². The molecule has 1 N–H and O–H groups in total. The molecule has 0 saturated carbocycles. The molecule has 0 saturated heterocycles. The number of aryl methyl sites for hydroxylation is 2. The quantitative estimate of drug-likeness (QED) is 0.741. The molecule has 0 aliphatic rings.